The number of hydrogen-bond donors (Lipinski definition) is 2. The molecule has 1 aliphatic rings. The van der Waals surface area contributed by atoms with Crippen molar-refractivity contribution in [1.82, 2.24) is 20.8 Å². The van der Waals surface area contributed by atoms with Gasteiger partial charge in [-0.05, 0) is 19.1 Å². The number of aromatic nitrogens is 2. The molecule has 1 aliphatic heterocycles. The lowest BCUT2D eigenvalue weighted by molar-refractivity contribution is 0.250. The SMILES string of the molecule is CC1NNC(=O)N1c1cc(Oc2ncccn2)c(Cl)cc1F. The van der Waals surface area contributed by atoms with Crippen molar-refractivity contribution in [3.8, 4) is 11.8 Å². The van der Waals surface area contributed by atoms with Gasteiger partial charge in [-0.15, -0.1) is 0 Å². The van der Waals surface area contributed by atoms with E-state index >= 15 is 0 Å². The Morgan fingerprint density at radius 1 is 1.36 bits per heavy atom. The highest BCUT2D eigenvalue weighted by atomic mass is 35.5. The van der Waals surface area contributed by atoms with E-state index in [2.05, 4.69) is 20.8 Å². The maximum absolute atomic E-state index is 14.1. The average molecular weight is 324 g/mol. The minimum atomic E-state index is -0.642. The number of anilines is 1. The van der Waals surface area contributed by atoms with Crippen LogP contribution in [0.1, 0.15) is 6.92 Å². The van der Waals surface area contributed by atoms with Gasteiger partial charge >= 0.3 is 12.0 Å². The molecule has 2 amide bonds. The fourth-order valence-corrected chi connectivity index (χ4v) is 2.19. The van der Waals surface area contributed by atoms with Crippen molar-refractivity contribution in [3.05, 3.63) is 41.4 Å². The van der Waals surface area contributed by atoms with Crippen LogP contribution < -0.4 is 20.5 Å². The second kappa shape index (κ2) is 5.74. The molecule has 0 radical (unpaired) electrons. The van der Waals surface area contributed by atoms with E-state index < -0.39 is 18.0 Å². The van der Waals surface area contributed by atoms with Gasteiger partial charge in [0.25, 0.3) is 0 Å². The zero-order chi connectivity index (χ0) is 15.7. The highest BCUT2D eigenvalue weighted by Crippen LogP contribution is 2.35. The summed E-state index contributed by atoms with van der Waals surface area (Å²) in [5.74, 6) is -0.492. The first-order valence-electron chi connectivity index (χ1n) is 6.35. The molecule has 22 heavy (non-hydrogen) atoms. The molecule has 1 aromatic heterocycles. The smallest absolute Gasteiger partial charge is 0.337 e. The van der Waals surface area contributed by atoms with Gasteiger partial charge in [0, 0.05) is 18.5 Å². The summed E-state index contributed by atoms with van der Waals surface area (Å²) in [4.78, 5) is 20.8. The molecule has 2 N–H and O–H groups in total. The van der Waals surface area contributed by atoms with Crippen LogP contribution in [-0.2, 0) is 0 Å². The van der Waals surface area contributed by atoms with Gasteiger partial charge in [0.05, 0.1) is 10.7 Å². The van der Waals surface area contributed by atoms with Crippen LogP contribution in [0.25, 0.3) is 0 Å². The molecule has 2 heterocycles. The van der Waals surface area contributed by atoms with Crippen LogP contribution in [0.3, 0.4) is 0 Å². The van der Waals surface area contributed by atoms with Crippen molar-refractivity contribution in [2.24, 2.45) is 0 Å². The van der Waals surface area contributed by atoms with E-state index in [1.165, 1.54) is 23.4 Å². The summed E-state index contributed by atoms with van der Waals surface area (Å²) in [6, 6.07) is 3.63. The number of halogens is 2. The minimum Gasteiger partial charge on any atom is -0.423 e. The average Bonchev–Trinajstić information content (AvgIpc) is 2.83. The largest absolute Gasteiger partial charge is 0.423 e. The van der Waals surface area contributed by atoms with Crippen molar-refractivity contribution in [2.75, 3.05) is 4.90 Å². The zero-order valence-corrected chi connectivity index (χ0v) is 12.1. The predicted molar refractivity (Wildman–Crippen MR) is 77.1 cm³/mol. The van der Waals surface area contributed by atoms with E-state index in [4.69, 9.17) is 16.3 Å². The summed E-state index contributed by atoms with van der Waals surface area (Å²) in [6.07, 6.45) is 2.57. The highest BCUT2D eigenvalue weighted by Gasteiger charge is 2.31. The third-order valence-corrected chi connectivity index (χ3v) is 3.29. The number of benzene rings is 1. The van der Waals surface area contributed by atoms with E-state index in [1.807, 2.05) is 0 Å². The number of amides is 2. The maximum atomic E-state index is 14.1. The zero-order valence-electron chi connectivity index (χ0n) is 11.4. The molecule has 114 valence electrons. The van der Waals surface area contributed by atoms with E-state index in [0.29, 0.717) is 0 Å². The third kappa shape index (κ3) is 2.66. The van der Waals surface area contributed by atoms with Crippen molar-refractivity contribution >= 4 is 23.3 Å². The van der Waals surface area contributed by atoms with Crippen LogP contribution >= 0.6 is 11.6 Å². The molecular weight excluding hydrogens is 313 g/mol. The molecular formula is C13H11ClFN5O2. The number of hydrogen-bond acceptors (Lipinski definition) is 5. The number of hydrazine groups is 1. The standard InChI is InChI=1S/C13H11ClFN5O2/c1-7-18-19-13(21)20(7)10-6-11(8(14)5-9(10)15)22-12-16-3-2-4-17-12/h2-7,18H,1H3,(H,19,21). The van der Waals surface area contributed by atoms with Crippen LogP contribution in [0.2, 0.25) is 5.02 Å². The number of carbonyl (C=O) groups excluding carboxylic acids is 1. The lowest BCUT2D eigenvalue weighted by atomic mass is 10.2. The molecule has 1 aromatic carbocycles. The number of nitrogens with one attached hydrogen (secondary N) is 2. The Hall–Kier alpha value is -2.45. The fourth-order valence-electron chi connectivity index (χ4n) is 2.00. The molecule has 9 heteroatoms. The van der Waals surface area contributed by atoms with E-state index in [9.17, 15) is 9.18 Å². The summed E-state index contributed by atoms with van der Waals surface area (Å²) in [5.41, 5.74) is 5.12. The monoisotopic (exact) mass is 323 g/mol. The minimum absolute atomic E-state index is 0.0327. The molecule has 0 bridgehead atoms. The Kier molecular flexibility index (Phi) is 3.78. The summed E-state index contributed by atoms with van der Waals surface area (Å²) in [7, 11) is 0. The number of urea groups is 1. The molecule has 7 nitrogen and oxygen atoms in total. The van der Waals surface area contributed by atoms with Crippen LogP contribution in [0.4, 0.5) is 14.9 Å². The van der Waals surface area contributed by atoms with Crippen molar-refractivity contribution in [1.29, 1.82) is 0 Å². The molecule has 0 aliphatic carbocycles. The van der Waals surface area contributed by atoms with Gasteiger partial charge in [0.15, 0.2) is 5.75 Å². The Balaban J connectivity index is 1.98. The molecule has 1 unspecified atom stereocenters. The van der Waals surface area contributed by atoms with Crippen LogP contribution in [0.15, 0.2) is 30.6 Å². The van der Waals surface area contributed by atoms with Crippen molar-refractivity contribution in [3.63, 3.8) is 0 Å². The lowest BCUT2D eigenvalue weighted by Gasteiger charge is -2.20. The molecule has 3 rings (SSSR count). The Morgan fingerprint density at radius 2 is 2.09 bits per heavy atom. The molecule has 1 saturated heterocycles. The summed E-state index contributed by atoms with van der Waals surface area (Å²) in [5, 5.41) is 0.0499. The van der Waals surface area contributed by atoms with Gasteiger partial charge in [-0.2, -0.15) is 0 Å². The Bertz CT molecular complexity index is 715. The molecule has 2 aromatic rings. The first kappa shape index (κ1) is 14.5. The molecule has 0 saturated carbocycles. The van der Waals surface area contributed by atoms with E-state index in [-0.39, 0.29) is 22.5 Å². The van der Waals surface area contributed by atoms with Gasteiger partial charge in [-0.1, -0.05) is 11.6 Å². The van der Waals surface area contributed by atoms with Crippen LogP contribution in [0.5, 0.6) is 11.8 Å². The van der Waals surface area contributed by atoms with Gasteiger partial charge in [0.1, 0.15) is 12.0 Å². The topological polar surface area (TPSA) is 79.4 Å². The fraction of sp³-hybridized carbons (Fsp3) is 0.154. The summed E-state index contributed by atoms with van der Waals surface area (Å²) < 4.78 is 19.6. The van der Waals surface area contributed by atoms with Gasteiger partial charge in [-0.25, -0.2) is 24.6 Å². The maximum Gasteiger partial charge on any atom is 0.337 e. The third-order valence-electron chi connectivity index (χ3n) is 3.00. The Morgan fingerprint density at radius 3 is 2.73 bits per heavy atom. The number of rotatable bonds is 3. The van der Waals surface area contributed by atoms with Crippen molar-refractivity contribution < 1.29 is 13.9 Å². The number of carbonyl (C=O) groups is 1. The second-order valence-electron chi connectivity index (χ2n) is 4.49. The van der Waals surface area contributed by atoms with E-state index in [0.717, 1.165) is 6.07 Å². The predicted octanol–water partition coefficient (Wildman–Crippen LogP) is 2.44. The van der Waals surface area contributed by atoms with E-state index in [1.54, 1.807) is 13.0 Å². The first-order chi connectivity index (χ1) is 10.6. The lowest BCUT2D eigenvalue weighted by Crippen LogP contribution is -2.34. The number of ether oxygens (including phenoxy) is 1. The quantitative estimate of drug-likeness (QED) is 0.907. The van der Waals surface area contributed by atoms with Gasteiger partial charge in [0.2, 0.25) is 0 Å². The highest BCUT2D eigenvalue weighted by molar-refractivity contribution is 6.32. The second-order valence-corrected chi connectivity index (χ2v) is 4.90. The van der Waals surface area contributed by atoms with Gasteiger partial charge in [-0.3, -0.25) is 10.3 Å². The van der Waals surface area contributed by atoms with Gasteiger partial charge < -0.3 is 4.74 Å². The summed E-state index contributed by atoms with van der Waals surface area (Å²) >= 11 is 5.98. The molecule has 1 fully saturated rings. The molecule has 0 spiro atoms. The van der Waals surface area contributed by atoms with Crippen LogP contribution in [-0.4, -0.2) is 22.2 Å². The summed E-state index contributed by atoms with van der Waals surface area (Å²) in [6.45, 7) is 1.70. The Labute approximate surface area is 130 Å². The van der Waals surface area contributed by atoms with Crippen molar-refractivity contribution in [2.45, 2.75) is 13.1 Å². The number of nitrogens with zero attached hydrogens (tertiary/aromatic N) is 3. The first-order valence-corrected chi connectivity index (χ1v) is 6.72. The normalized spacial score (nSPS) is 17.5. The van der Waals surface area contributed by atoms with Crippen LogP contribution in [0, 0.1) is 5.82 Å². The molecule has 1 atom stereocenters.